The van der Waals surface area contributed by atoms with Gasteiger partial charge in [0.2, 0.25) is 0 Å². The van der Waals surface area contributed by atoms with Crippen molar-refractivity contribution in [1.29, 1.82) is 0 Å². The molecule has 0 radical (unpaired) electrons. The van der Waals surface area contributed by atoms with Crippen molar-refractivity contribution in [3.8, 4) is 11.4 Å². The molecule has 0 spiro atoms. The molecule has 2 heterocycles. The number of methoxy groups -OCH3 is 1. The number of nitrogens with zero attached hydrogens (tertiary/aromatic N) is 3. The molecule has 27 heavy (non-hydrogen) atoms. The molecule has 2 aromatic heterocycles. The lowest BCUT2D eigenvalue weighted by Gasteiger charge is -2.12. The van der Waals surface area contributed by atoms with E-state index in [9.17, 15) is 4.79 Å². The highest BCUT2D eigenvalue weighted by Gasteiger charge is 2.21. The van der Waals surface area contributed by atoms with Gasteiger partial charge in [-0.3, -0.25) is 9.97 Å². The minimum Gasteiger partial charge on any atom is -0.465 e. The topological polar surface area (TPSA) is 57.0 Å². The van der Waals surface area contributed by atoms with E-state index in [1.807, 2.05) is 18.2 Å². The van der Waals surface area contributed by atoms with Crippen LogP contribution >= 0.6 is 0 Å². The van der Waals surface area contributed by atoms with Crippen LogP contribution < -0.4 is 0 Å². The van der Waals surface area contributed by atoms with Crippen LogP contribution in [0.25, 0.3) is 28.4 Å². The molecule has 0 saturated carbocycles. The molecule has 0 atom stereocenters. The van der Waals surface area contributed by atoms with Gasteiger partial charge in [-0.25, -0.2) is 4.79 Å². The van der Waals surface area contributed by atoms with Gasteiger partial charge in [0.15, 0.2) is 0 Å². The Bertz CT molecular complexity index is 1020. The quantitative estimate of drug-likeness (QED) is 0.453. The van der Waals surface area contributed by atoms with Gasteiger partial charge in [-0.15, -0.1) is 6.58 Å². The van der Waals surface area contributed by atoms with E-state index < -0.39 is 0 Å². The molecule has 5 heteroatoms. The number of carbonyl (C=O) groups excluding carboxylic acids is 1. The molecule has 3 rings (SSSR count). The van der Waals surface area contributed by atoms with Crippen LogP contribution in [-0.2, 0) is 17.7 Å². The lowest BCUT2D eigenvalue weighted by molar-refractivity contribution is 0.0601. The Morgan fingerprint density at radius 3 is 2.70 bits per heavy atom. The summed E-state index contributed by atoms with van der Waals surface area (Å²) in [6.45, 7) is 10.5. The van der Waals surface area contributed by atoms with Gasteiger partial charge in [0, 0.05) is 29.8 Å². The molecule has 138 valence electrons. The van der Waals surface area contributed by atoms with Crippen molar-refractivity contribution in [3.63, 3.8) is 0 Å². The van der Waals surface area contributed by atoms with Crippen molar-refractivity contribution >= 4 is 22.9 Å². The molecule has 0 aliphatic rings. The van der Waals surface area contributed by atoms with Gasteiger partial charge in [-0.2, -0.15) is 0 Å². The van der Waals surface area contributed by atoms with Gasteiger partial charge in [0.1, 0.15) is 5.69 Å². The van der Waals surface area contributed by atoms with Crippen LogP contribution in [0.15, 0.2) is 49.8 Å². The Balaban J connectivity index is 2.41. The molecule has 0 unspecified atom stereocenters. The summed E-state index contributed by atoms with van der Waals surface area (Å²) in [5, 5.41) is 1.10. The number of esters is 1. The summed E-state index contributed by atoms with van der Waals surface area (Å²) in [5.41, 5.74) is 5.18. The van der Waals surface area contributed by atoms with Crippen molar-refractivity contribution in [2.24, 2.45) is 0 Å². The molecule has 0 saturated heterocycles. The summed E-state index contributed by atoms with van der Waals surface area (Å²) in [4.78, 5) is 21.0. The normalized spacial score (nSPS) is 10.7. The largest absolute Gasteiger partial charge is 0.465 e. The van der Waals surface area contributed by atoms with Crippen LogP contribution in [0, 0.1) is 0 Å². The lowest BCUT2D eigenvalue weighted by Crippen LogP contribution is -2.04. The lowest BCUT2D eigenvalue weighted by atomic mass is 10.0. The van der Waals surface area contributed by atoms with Crippen molar-refractivity contribution < 1.29 is 9.53 Å². The highest BCUT2D eigenvalue weighted by atomic mass is 16.5. The molecule has 3 aromatic rings. The van der Waals surface area contributed by atoms with E-state index in [1.54, 1.807) is 24.5 Å². The molecule has 5 nitrogen and oxygen atoms in total. The molecule has 0 aliphatic carbocycles. The molecule has 0 fully saturated rings. The SMILES string of the molecule is C=CCn1c(-c2nccnc2C=C)c(CCC)c2ccc(C(=O)OC)cc21. The molecular weight excluding hydrogens is 338 g/mol. The van der Waals surface area contributed by atoms with Crippen LogP contribution in [0.2, 0.25) is 0 Å². The number of hydrogen-bond acceptors (Lipinski definition) is 4. The third-order valence-electron chi connectivity index (χ3n) is 4.55. The van der Waals surface area contributed by atoms with Crippen LogP contribution in [0.4, 0.5) is 0 Å². The highest BCUT2D eigenvalue weighted by Crippen LogP contribution is 2.36. The third kappa shape index (κ3) is 3.28. The summed E-state index contributed by atoms with van der Waals surface area (Å²) in [7, 11) is 1.39. The first-order valence-electron chi connectivity index (χ1n) is 8.94. The van der Waals surface area contributed by atoms with E-state index >= 15 is 0 Å². The fourth-order valence-electron chi connectivity index (χ4n) is 3.44. The zero-order valence-electron chi connectivity index (χ0n) is 15.7. The first kappa shape index (κ1) is 18.6. The maximum Gasteiger partial charge on any atom is 0.337 e. The first-order valence-corrected chi connectivity index (χ1v) is 8.94. The number of allylic oxidation sites excluding steroid dienone is 1. The van der Waals surface area contributed by atoms with Crippen LogP contribution in [0.5, 0.6) is 0 Å². The Morgan fingerprint density at radius 1 is 1.26 bits per heavy atom. The summed E-state index contributed by atoms with van der Waals surface area (Å²) in [6.07, 6.45) is 8.79. The van der Waals surface area contributed by atoms with Crippen molar-refractivity contribution in [1.82, 2.24) is 14.5 Å². The number of hydrogen-bond donors (Lipinski definition) is 0. The minimum absolute atomic E-state index is 0.354. The number of benzene rings is 1. The van der Waals surface area contributed by atoms with Gasteiger partial charge in [0.25, 0.3) is 0 Å². The predicted octanol–water partition coefficient (Wildman–Crippen LogP) is 4.67. The second kappa shape index (κ2) is 7.99. The zero-order valence-corrected chi connectivity index (χ0v) is 15.7. The summed E-state index contributed by atoms with van der Waals surface area (Å²) >= 11 is 0. The van der Waals surface area contributed by atoms with Gasteiger partial charge < -0.3 is 9.30 Å². The third-order valence-corrected chi connectivity index (χ3v) is 4.55. The van der Waals surface area contributed by atoms with Crippen molar-refractivity contribution in [3.05, 3.63) is 66.6 Å². The van der Waals surface area contributed by atoms with Crippen molar-refractivity contribution in [2.45, 2.75) is 26.3 Å². The summed E-state index contributed by atoms with van der Waals surface area (Å²) < 4.78 is 7.02. The van der Waals surface area contributed by atoms with Gasteiger partial charge in [-0.1, -0.05) is 32.1 Å². The fourth-order valence-corrected chi connectivity index (χ4v) is 3.44. The van der Waals surface area contributed by atoms with Crippen molar-refractivity contribution in [2.75, 3.05) is 7.11 Å². The minimum atomic E-state index is -0.354. The van der Waals surface area contributed by atoms with E-state index in [2.05, 4.69) is 34.6 Å². The number of carbonyl (C=O) groups is 1. The van der Waals surface area contributed by atoms with Crippen LogP contribution in [-0.4, -0.2) is 27.6 Å². The number of rotatable bonds is 7. The monoisotopic (exact) mass is 361 g/mol. The number of ether oxygens (including phenoxy) is 1. The molecule has 0 bridgehead atoms. The Labute approximate surface area is 159 Å². The Hall–Kier alpha value is -3.21. The zero-order chi connectivity index (χ0) is 19.4. The van der Waals surface area contributed by atoms with Gasteiger partial charge >= 0.3 is 5.97 Å². The molecule has 0 aliphatic heterocycles. The van der Waals surface area contributed by atoms with Gasteiger partial charge in [0.05, 0.1) is 24.1 Å². The Kier molecular flexibility index (Phi) is 5.50. The van der Waals surface area contributed by atoms with E-state index in [4.69, 9.17) is 4.74 Å². The Morgan fingerprint density at radius 2 is 2.04 bits per heavy atom. The van der Waals surface area contributed by atoms with E-state index in [0.29, 0.717) is 12.1 Å². The van der Waals surface area contributed by atoms with E-state index in [0.717, 1.165) is 40.8 Å². The number of aryl methyl sites for hydroxylation is 1. The first-order chi connectivity index (χ1) is 13.2. The standard InChI is InChI=1S/C22H23N3O2/c1-5-8-17-16-10-9-15(22(26)27-4)14-19(16)25(13-6-2)21(17)20-18(7-3)23-11-12-24-20/h6-7,9-12,14H,2-3,5,8,13H2,1,4H3. The predicted molar refractivity (Wildman–Crippen MR) is 109 cm³/mol. The molecule has 1 aromatic carbocycles. The summed E-state index contributed by atoms with van der Waals surface area (Å²) in [6, 6.07) is 5.66. The maximum absolute atomic E-state index is 12.0. The maximum atomic E-state index is 12.0. The summed E-state index contributed by atoms with van der Waals surface area (Å²) in [5.74, 6) is -0.354. The second-order valence-corrected chi connectivity index (χ2v) is 6.19. The van der Waals surface area contributed by atoms with Crippen LogP contribution in [0.3, 0.4) is 0 Å². The fraction of sp³-hybridized carbons (Fsp3) is 0.227. The van der Waals surface area contributed by atoms with E-state index in [-0.39, 0.29) is 5.97 Å². The smallest absolute Gasteiger partial charge is 0.337 e. The average molecular weight is 361 g/mol. The van der Waals surface area contributed by atoms with Gasteiger partial charge in [-0.05, 0) is 30.2 Å². The molecule has 0 amide bonds. The highest BCUT2D eigenvalue weighted by molar-refractivity contribution is 5.98. The number of fused-ring (bicyclic) bond motifs is 1. The van der Waals surface area contributed by atoms with Crippen LogP contribution in [0.1, 0.15) is 35.0 Å². The van der Waals surface area contributed by atoms with E-state index in [1.165, 1.54) is 12.7 Å². The second-order valence-electron chi connectivity index (χ2n) is 6.19. The number of aromatic nitrogens is 3. The molecule has 0 N–H and O–H groups in total. The molecular formula is C22H23N3O2. The average Bonchev–Trinajstić information content (AvgIpc) is 3.00.